The molecule has 1 aliphatic heterocycles. The fourth-order valence-corrected chi connectivity index (χ4v) is 3.14. The number of nitrogens with one attached hydrogen (secondary N) is 1. The first kappa shape index (κ1) is 8.49. The Bertz CT molecular complexity index is 309. The highest BCUT2D eigenvalue weighted by Gasteiger charge is 2.44. The molecule has 0 spiro atoms. The van der Waals surface area contributed by atoms with Crippen molar-refractivity contribution in [3.63, 3.8) is 0 Å². The van der Waals surface area contributed by atoms with Gasteiger partial charge >= 0.3 is 0 Å². The first-order valence-corrected chi connectivity index (χ1v) is 5.65. The number of piperidine rings is 1. The summed E-state index contributed by atoms with van der Waals surface area (Å²) in [5.41, 5.74) is 1.95. The summed E-state index contributed by atoms with van der Waals surface area (Å²) in [5.74, 6) is 0.971. The zero-order valence-electron chi connectivity index (χ0n) is 8.50. The van der Waals surface area contributed by atoms with Crippen molar-refractivity contribution < 1.29 is 0 Å². The Morgan fingerprint density at radius 3 is 2.71 bits per heavy atom. The Hall–Kier alpha value is -0.820. The molecule has 1 heterocycles. The van der Waals surface area contributed by atoms with Gasteiger partial charge in [0.05, 0.1) is 0 Å². The predicted octanol–water partition coefficient (Wildman–Crippen LogP) is 2.37. The minimum absolute atomic E-state index is 0.464. The lowest BCUT2D eigenvalue weighted by atomic mass is 9.90. The first-order chi connectivity index (χ1) is 6.86. The van der Waals surface area contributed by atoms with Gasteiger partial charge in [-0.1, -0.05) is 30.3 Å². The molecule has 0 radical (unpaired) electrons. The molecule has 0 aromatic heterocycles. The van der Waals surface area contributed by atoms with Crippen LogP contribution in [0.25, 0.3) is 0 Å². The Morgan fingerprint density at radius 1 is 1.29 bits per heavy atom. The van der Waals surface area contributed by atoms with E-state index < -0.39 is 0 Å². The summed E-state index contributed by atoms with van der Waals surface area (Å²) >= 11 is 0. The number of rotatable bonds is 2. The zero-order chi connectivity index (χ0) is 9.43. The summed E-state index contributed by atoms with van der Waals surface area (Å²) in [5, 5.41) is 3.72. The van der Waals surface area contributed by atoms with Crippen LogP contribution in [0.1, 0.15) is 24.8 Å². The van der Waals surface area contributed by atoms with E-state index in [1.807, 2.05) is 0 Å². The van der Waals surface area contributed by atoms with Gasteiger partial charge in [0.2, 0.25) is 0 Å². The normalized spacial score (nSPS) is 35.0. The second-order valence-electron chi connectivity index (χ2n) is 4.93. The lowest BCUT2D eigenvalue weighted by Gasteiger charge is -2.27. The largest absolute Gasteiger partial charge is 0.311 e. The Kier molecular flexibility index (Phi) is 1.88. The highest BCUT2D eigenvalue weighted by molar-refractivity contribution is 5.20. The van der Waals surface area contributed by atoms with E-state index >= 15 is 0 Å². The zero-order valence-corrected chi connectivity index (χ0v) is 8.50. The third kappa shape index (κ3) is 1.36. The van der Waals surface area contributed by atoms with Crippen LogP contribution in [-0.2, 0) is 6.42 Å². The Morgan fingerprint density at radius 2 is 2.14 bits per heavy atom. The number of benzene rings is 1. The minimum Gasteiger partial charge on any atom is -0.311 e. The molecule has 2 unspecified atom stereocenters. The van der Waals surface area contributed by atoms with E-state index in [4.69, 9.17) is 0 Å². The molecule has 74 valence electrons. The molecule has 1 nitrogen and oxygen atoms in total. The predicted molar refractivity (Wildman–Crippen MR) is 58.2 cm³/mol. The number of hydrogen-bond acceptors (Lipinski definition) is 1. The topological polar surface area (TPSA) is 12.0 Å². The second-order valence-corrected chi connectivity index (χ2v) is 4.93. The van der Waals surface area contributed by atoms with E-state index in [-0.39, 0.29) is 0 Å². The summed E-state index contributed by atoms with van der Waals surface area (Å²) in [6, 6.07) is 10.9. The molecule has 3 rings (SSSR count). The third-order valence-corrected chi connectivity index (χ3v) is 3.86. The molecule has 1 aromatic rings. The molecule has 2 aliphatic rings. The van der Waals surface area contributed by atoms with E-state index in [0.717, 1.165) is 5.92 Å². The van der Waals surface area contributed by atoms with Crippen molar-refractivity contribution in [1.29, 1.82) is 0 Å². The molecule has 1 aliphatic carbocycles. The molecule has 1 N–H and O–H groups in total. The van der Waals surface area contributed by atoms with Gasteiger partial charge in [0.15, 0.2) is 0 Å². The lowest BCUT2D eigenvalue weighted by molar-refractivity contribution is 0.359. The third-order valence-electron chi connectivity index (χ3n) is 3.86. The molecular formula is C13H17N. The Labute approximate surface area is 85.5 Å². The molecule has 1 heteroatoms. The van der Waals surface area contributed by atoms with Gasteiger partial charge < -0.3 is 5.32 Å². The highest BCUT2D eigenvalue weighted by Crippen LogP contribution is 2.41. The van der Waals surface area contributed by atoms with Gasteiger partial charge in [0, 0.05) is 5.54 Å². The standard InChI is InChI=1S/C13H17N/c1-2-4-11(5-3-1)8-13-7-6-12(9-13)10-14-13/h1-5,12,14H,6-10H2. The van der Waals surface area contributed by atoms with Crippen LogP contribution in [0, 0.1) is 5.92 Å². The van der Waals surface area contributed by atoms with Crippen LogP contribution in [0.4, 0.5) is 0 Å². The SMILES string of the molecule is c1ccc(CC23CCC(CN2)C3)cc1. The summed E-state index contributed by atoms with van der Waals surface area (Å²) in [6.45, 7) is 1.26. The summed E-state index contributed by atoms with van der Waals surface area (Å²) in [6.07, 6.45) is 5.46. The molecule has 2 atom stereocenters. The van der Waals surface area contributed by atoms with Crippen LogP contribution in [0.2, 0.25) is 0 Å². The van der Waals surface area contributed by atoms with Crippen molar-refractivity contribution in [2.45, 2.75) is 31.2 Å². The smallest absolute Gasteiger partial charge is 0.0225 e. The molecule has 1 saturated carbocycles. The van der Waals surface area contributed by atoms with E-state index in [9.17, 15) is 0 Å². The molecule has 0 amide bonds. The van der Waals surface area contributed by atoms with Crippen LogP contribution in [0.15, 0.2) is 30.3 Å². The molecule has 14 heavy (non-hydrogen) atoms. The lowest BCUT2D eigenvalue weighted by Crippen LogP contribution is -2.42. The van der Waals surface area contributed by atoms with Crippen molar-refractivity contribution in [3.05, 3.63) is 35.9 Å². The van der Waals surface area contributed by atoms with Gasteiger partial charge in [0.1, 0.15) is 0 Å². The first-order valence-electron chi connectivity index (χ1n) is 5.65. The van der Waals surface area contributed by atoms with Gasteiger partial charge in [-0.15, -0.1) is 0 Å². The average molecular weight is 187 g/mol. The van der Waals surface area contributed by atoms with Crippen LogP contribution in [0.3, 0.4) is 0 Å². The maximum absolute atomic E-state index is 3.72. The molecule has 2 bridgehead atoms. The van der Waals surface area contributed by atoms with Crippen LogP contribution in [0.5, 0.6) is 0 Å². The van der Waals surface area contributed by atoms with Gasteiger partial charge in [-0.2, -0.15) is 0 Å². The van der Waals surface area contributed by atoms with Crippen molar-refractivity contribution in [2.75, 3.05) is 6.54 Å². The van der Waals surface area contributed by atoms with Crippen molar-refractivity contribution in [1.82, 2.24) is 5.32 Å². The number of fused-ring (bicyclic) bond motifs is 2. The van der Waals surface area contributed by atoms with Gasteiger partial charge in [-0.3, -0.25) is 0 Å². The van der Waals surface area contributed by atoms with Crippen LogP contribution in [-0.4, -0.2) is 12.1 Å². The Balaban J connectivity index is 1.78. The quantitative estimate of drug-likeness (QED) is 0.749. The molecule has 2 fully saturated rings. The number of hydrogen-bond donors (Lipinski definition) is 1. The summed E-state index contributed by atoms with van der Waals surface area (Å²) in [7, 11) is 0. The second kappa shape index (κ2) is 3.09. The van der Waals surface area contributed by atoms with Crippen LogP contribution < -0.4 is 5.32 Å². The van der Waals surface area contributed by atoms with E-state index in [0.29, 0.717) is 5.54 Å². The summed E-state index contributed by atoms with van der Waals surface area (Å²) < 4.78 is 0. The fraction of sp³-hybridized carbons (Fsp3) is 0.538. The maximum atomic E-state index is 3.72. The van der Waals surface area contributed by atoms with E-state index in [2.05, 4.69) is 35.6 Å². The van der Waals surface area contributed by atoms with Crippen molar-refractivity contribution in [3.8, 4) is 0 Å². The molecule has 1 saturated heterocycles. The molecular weight excluding hydrogens is 170 g/mol. The minimum atomic E-state index is 0.464. The van der Waals surface area contributed by atoms with Crippen molar-refractivity contribution >= 4 is 0 Å². The van der Waals surface area contributed by atoms with E-state index in [1.54, 1.807) is 0 Å². The fourth-order valence-electron chi connectivity index (χ4n) is 3.14. The average Bonchev–Trinajstić information content (AvgIpc) is 2.78. The summed E-state index contributed by atoms with van der Waals surface area (Å²) in [4.78, 5) is 0. The molecule has 1 aromatic carbocycles. The van der Waals surface area contributed by atoms with Gasteiger partial charge in [-0.25, -0.2) is 0 Å². The monoisotopic (exact) mass is 187 g/mol. The van der Waals surface area contributed by atoms with Gasteiger partial charge in [0.25, 0.3) is 0 Å². The highest BCUT2D eigenvalue weighted by atomic mass is 15.0. The van der Waals surface area contributed by atoms with Crippen LogP contribution >= 0.6 is 0 Å². The van der Waals surface area contributed by atoms with E-state index in [1.165, 1.54) is 37.8 Å². The van der Waals surface area contributed by atoms with Crippen molar-refractivity contribution in [2.24, 2.45) is 5.92 Å². The maximum Gasteiger partial charge on any atom is 0.0225 e. The van der Waals surface area contributed by atoms with Gasteiger partial charge in [-0.05, 0) is 43.7 Å².